The van der Waals surface area contributed by atoms with Gasteiger partial charge in [0.2, 0.25) is 0 Å². The lowest BCUT2D eigenvalue weighted by Gasteiger charge is -2.36. The standard InChI is InChI=1S/C24H30BrN5O3/c1-24(2,3)33-23(31)29-16-8-6-10-30(14-16)21-18(25)12-26-22-20(21)19(13-27-22)28-15-7-5-9-17(11-15)32-4/h5,7,9,11-13,16,28H,6,8,10,14H2,1-4H3,(H,26,27)(H,29,31)/t16-/m1/s1. The number of hydrogen-bond acceptors (Lipinski definition) is 6. The maximum absolute atomic E-state index is 12.3. The summed E-state index contributed by atoms with van der Waals surface area (Å²) in [5.74, 6) is 0.784. The molecule has 1 aliphatic rings. The number of anilines is 3. The number of pyridine rings is 1. The molecule has 1 fully saturated rings. The number of aromatic nitrogens is 2. The third kappa shape index (κ3) is 5.52. The van der Waals surface area contributed by atoms with E-state index in [0.717, 1.165) is 57.7 Å². The van der Waals surface area contributed by atoms with Gasteiger partial charge in [-0.25, -0.2) is 9.78 Å². The Morgan fingerprint density at radius 2 is 2.15 bits per heavy atom. The number of ether oxygens (including phenoxy) is 2. The van der Waals surface area contributed by atoms with Crippen LogP contribution in [0.25, 0.3) is 11.0 Å². The molecule has 1 aromatic carbocycles. The number of piperidine rings is 1. The summed E-state index contributed by atoms with van der Waals surface area (Å²) in [6.07, 6.45) is 5.22. The Hall–Kier alpha value is -2.94. The van der Waals surface area contributed by atoms with E-state index >= 15 is 0 Å². The quantitative estimate of drug-likeness (QED) is 0.411. The van der Waals surface area contributed by atoms with Gasteiger partial charge in [-0.05, 0) is 61.7 Å². The fraction of sp³-hybridized carbons (Fsp3) is 0.417. The molecule has 3 aromatic rings. The highest BCUT2D eigenvalue weighted by atomic mass is 79.9. The predicted molar refractivity (Wildman–Crippen MR) is 135 cm³/mol. The number of alkyl carbamates (subject to hydrolysis) is 1. The molecule has 4 rings (SSSR count). The topological polar surface area (TPSA) is 91.5 Å². The van der Waals surface area contributed by atoms with Crippen molar-refractivity contribution in [2.45, 2.75) is 45.3 Å². The van der Waals surface area contributed by atoms with Gasteiger partial charge in [-0.2, -0.15) is 0 Å². The van der Waals surface area contributed by atoms with Gasteiger partial charge in [-0.15, -0.1) is 0 Å². The first-order valence-electron chi connectivity index (χ1n) is 11.0. The molecule has 3 heterocycles. The zero-order chi connectivity index (χ0) is 23.6. The van der Waals surface area contributed by atoms with Crippen molar-refractivity contribution in [1.82, 2.24) is 15.3 Å². The fourth-order valence-electron chi connectivity index (χ4n) is 4.09. The van der Waals surface area contributed by atoms with Crippen molar-refractivity contribution < 1.29 is 14.3 Å². The number of nitrogens with one attached hydrogen (secondary N) is 3. The summed E-state index contributed by atoms with van der Waals surface area (Å²) in [6.45, 7) is 7.17. The van der Waals surface area contributed by atoms with Crippen LogP contribution >= 0.6 is 15.9 Å². The highest BCUT2D eigenvalue weighted by molar-refractivity contribution is 9.10. The smallest absolute Gasteiger partial charge is 0.407 e. The van der Waals surface area contributed by atoms with Crippen molar-refractivity contribution in [2.24, 2.45) is 0 Å². The van der Waals surface area contributed by atoms with Gasteiger partial charge < -0.3 is 30.0 Å². The average molecular weight is 516 g/mol. The second-order valence-corrected chi connectivity index (χ2v) is 10.0. The van der Waals surface area contributed by atoms with Crippen molar-refractivity contribution in [2.75, 3.05) is 30.4 Å². The highest BCUT2D eigenvalue weighted by Gasteiger charge is 2.27. The number of hydrogen-bond donors (Lipinski definition) is 3. The summed E-state index contributed by atoms with van der Waals surface area (Å²) in [4.78, 5) is 22.4. The molecule has 1 saturated heterocycles. The van der Waals surface area contributed by atoms with Crippen molar-refractivity contribution in [3.63, 3.8) is 0 Å². The molecule has 176 valence electrons. The van der Waals surface area contributed by atoms with Crippen LogP contribution in [0.3, 0.4) is 0 Å². The van der Waals surface area contributed by atoms with E-state index in [1.54, 1.807) is 7.11 Å². The highest BCUT2D eigenvalue weighted by Crippen LogP contribution is 2.40. The molecule has 0 radical (unpaired) electrons. The van der Waals surface area contributed by atoms with Crippen molar-refractivity contribution in [3.8, 4) is 5.75 Å². The Morgan fingerprint density at radius 1 is 1.33 bits per heavy atom. The number of amides is 1. The van der Waals surface area contributed by atoms with Crippen LogP contribution in [0.4, 0.5) is 21.9 Å². The number of carbonyl (C=O) groups excluding carboxylic acids is 1. The van der Waals surface area contributed by atoms with Crippen LogP contribution in [0.5, 0.6) is 5.75 Å². The van der Waals surface area contributed by atoms with Crippen LogP contribution in [-0.2, 0) is 4.74 Å². The Kier molecular flexibility index (Phi) is 6.69. The first-order chi connectivity index (χ1) is 15.7. The molecule has 8 nitrogen and oxygen atoms in total. The summed E-state index contributed by atoms with van der Waals surface area (Å²) in [7, 11) is 1.65. The molecule has 1 aliphatic heterocycles. The maximum atomic E-state index is 12.3. The average Bonchev–Trinajstić information content (AvgIpc) is 3.15. The van der Waals surface area contributed by atoms with Gasteiger partial charge in [-0.1, -0.05) is 6.07 Å². The Balaban J connectivity index is 1.61. The van der Waals surface area contributed by atoms with E-state index in [4.69, 9.17) is 9.47 Å². The molecule has 1 atom stereocenters. The zero-order valence-electron chi connectivity index (χ0n) is 19.4. The normalized spacial score (nSPS) is 16.5. The molecule has 0 bridgehead atoms. The third-order valence-corrected chi connectivity index (χ3v) is 6.02. The number of carbonyl (C=O) groups is 1. The van der Waals surface area contributed by atoms with Gasteiger partial charge in [0.05, 0.1) is 28.3 Å². The lowest BCUT2D eigenvalue weighted by molar-refractivity contribution is 0.0500. The molecule has 33 heavy (non-hydrogen) atoms. The Labute approximate surface area is 202 Å². The third-order valence-electron chi connectivity index (χ3n) is 5.44. The van der Waals surface area contributed by atoms with Gasteiger partial charge in [0, 0.05) is 43.3 Å². The number of aromatic amines is 1. The molecule has 1 amide bonds. The lowest BCUT2D eigenvalue weighted by Crippen LogP contribution is -2.49. The van der Waals surface area contributed by atoms with E-state index in [9.17, 15) is 4.79 Å². The van der Waals surface area contributed by atoms with Gasteiger partial charge in [0.1, 0.15) is 17.0 Å². The van der Waals surface area contributed by atoms with E-state index in [1.165, 1.54) is 0 Å². The van der Waals surface area contributed by atoms with Crippen molar-refractivity contribution in [3.05, 3.63) is 41.1 Å². The summed E-state index contributed by atoms with van der Waals surface area (Å²) in [6, 6.07) is 7.80. The summed E-state index contributed by atoms with van der Waals surface area (Å²) in [5, 5.41) is 7.51. The molecular formula is C24H30BrN5O3. The van der Waals surface area contributed by atoms with Crippen molar-refractivity contribution in [1.29, 1.82) is 0 Å². The monoisotopic (exact) mass is 515 g/mol. The molecule has 0 unspecified atom stereocenters. The fourth-order valence-corrected chi connectivity index (χ4v) is 4.64. The molecule has 0 spiro atoms. The number of H-pyrrole nitrogens is 1. The molecule has 0 saturated carbocycles. The van der Waals surface area contributed by atoms with Crippen LogP contribution in [0, 0.1) is 0 Å². The summed E-state index contributed by atoms with van der Waals surface area (Å²) >= 11 is 3.71. The minimum atomic E-state index is -0.523. The minimum absolute atomic E-state index is 0.00236. The van der Waals surface area contributed by atoms with Gasteiger partial charge in [0.25, 0.3) is 0 Å². The Morgan fingerprint density at radius 3 is 2.91 bits per heavy atom. The van der Waals surface area contributed by atoms with E-state index in [2.05, 4.69) is 41.4 Å². The second-order valence-electron chi connectivity index (χ2n) is 9.17. The molecule has 2 aromatic heterocycles. The second kappa shape index (κ2) is 9.51. The van der Waals surface area contributed by atoms with Crippen LogP contribution in [0.2, 0.25) is 0 Å². The molecule has 3 N–H and O–H groups in total. The number of rotatable bonds is 5. The number of benzene rings is 1. The van der Waals surface area contributed by atoms with E-state index in [-0.39, 0.29) is 12.1 Å². The van der Waals surface area contributed by atoms with Gasteiger partial charge in [0.15, 0.2) is 0 Å². The van der Waals surface area contributed by atoms with E-state index in [1.807, 2.05) is 57.4 Å². The van der Waals surface area contributed by atoms with Crippen molar-refractivity contribution >= 4 is 50.1 Å². The number of halogens is 1. The molecule has 9 heteroatoms. The maximum Gasteiger partial charge on any atom is 0.407 e. The minimum Gasteiger partial charge on any atom is -0.497 e. The number of methoxy groups -OCH3 is 1. The van der Waals surface area contributed by atoms with Crippen LogP contribution in [0.15, 0.2) is 41.1 Å². The van der Waals surface area contributed by atoms with E-state index < -0.39 is 5.60 Å². The zero-order valence-corrected chi connectivity index (χ0v) is 21.0. The van der Waals surface area contributed by atoms with Crippen LogP contribution in [-0.4, -0.2) is 47.9 Å². The first-order valence-corrected chi connectivity index (χ1v) is 11.8. The first kappa shape index (κ1) is 23.2. The molecular weight excluding hydrogens is 486 g/mol. The SMILES string of the molecule is COc1cccc(Nc2c[nH]c3ncc(Br)c(N4CCC[C@@H](NC(=O)OC(C)(C)C)C4)c23)c1. The summed E-state index contributed by atoms with van der Waals surface area (Å²) in [5.41, 5.74) is 3.15. The summed E-state index contributed by atoms with van der Waals surface area (Å²) < 4.78 is 11.7. The number of fused-ring (bicyclic) bond motifs is 1. The van der Waals surface area contributed by atoms with E-state index in [0.29, 0.717) is 6.54 Å². The van der Waals surface area contributed by atoms with Gasteiger partial charge >= 0.3 is 6.09 Å². The molecule has 0 aliphatic carbocycles. The van der Waals surface area contributed by atoms with Gasteiger partial charge in [-0.3, -0.25) is 0 Å². The van der Waals surface area contributed by atoms with Crippen LogP contribution < -0.4 is 20.3 Å². The van der Waals surface area contributed by atoms with Crippen LogP contribution in [0.1, 0.15) is 33.6 Å². The lowest BCUT2D eigenvalue weighted by atomic mass is 10.0. The number of nitrogens with zero attached hydrogens (tertiary/aromatic N) is 2. The Bertz CT molecular complexity index is 1140. The predicted octanol–water partition coefficient (Wildman–Crippen LogP) is 5.57. The largest absolute Gasteiger partial charge is 0.497 e.